The minimum absolute atomic E-state index is 0.0353. The van der Waals surface area contributed by atoms with Crippen LogP contribution in [0, 0.1) is 0 Å². The Labute approximate surface area is 140 Å². The zero-order valence-electron chi connectivity index (χ0n) is 13.6. The number of hydrogen-bond donors (Lipinski definition) is 0. The summed E-state index contributed by atoms with van der Waals surface area (Å²) in [5.41, 5.74) is 1.63. The highest BCUT2D eigenvalue weighted by Gasteiger charge is 2.13. The molecule has 2 heterocycles. The van der Waals surface area contributed by atoms with Crippen LogP contribution in [0.4, 0.5) is 0 Å². The molecule has 0 spiro atoms. The fourth-order valence-corrected chi connectivity index (χ4v) is 3.72. The molecule has 4 nitrogen and oxygen atoms in total. The van der Waals surface area contributed by atoms with Crippen LogP contribution >= 0.6 is 11.3 Å². The average molecular weight is 329 g/mol. The van der Waals surface area contributed by atoms with E-state index in [0.29, 0.717) is 12.5 Å². The van der Waals surface area contributed by atoms with Gasteiger partial charge in [0, 0.05) is 11.6 Å². The second kappa shape index (κ2) is 7.68. The molecular weight excluding hydrogens is 306 g/mol. The molecule has 2 aromatic rings. The standard InChI is InChI=1S/C18H23N3OS/c1-2-17-20-15(13-23-17)12-18(22)21-11-7-6-10-16(21)19-14-8-4-3-5-9-14/h6-7,10-11,13-14H,2-5,8-9,12H2,1H3. The van der Waals surface area contributed by atoms with Crippen LogP contribution in [-0.2, 0) is 12.8 Å². The van der Waals surface area contributed by atoms with Crippen LogP contribution in [0.1, 0.15) is 54.5 Å². The Morgan fingerprint density at radius 1 is 1.35 bits per heavy atom. The van der Waals surface area contributed by atoms with Crippen LogP contribution < -0.4 is 5.49 Å². The Bertz CT molecular complexity index is 726. The van der Waals surface area contributed by atoms with Crippen molar-refractivity contribution >= 4 is 17.2 Å². The van der Waals surface area contributed by atoms with Crippen molar-refractivity contribution in [2.24, 2.45) is 4.99 Å². The van der Waals surface area contributed by atoms with Gasteiger partial charge in [0.15, 0.2) is 0 Å². The van der Waals surface area contributed by atoms with Crippen molar-refractivity contribution in [3.8, 4) is 0 Å². The first-order valence-electron chi connectivity index (χ1n) is 8.44. The van der Waals surface area contributed by atoms with Gasteiger partial charge in [-0.05, 0) is 31.4 Å². The molecule has 1 fully saturated rings. The molecule has 0 amide bonds. The van der Waals surface area contributed by atoms with E-state index in [0.717, 1.165) is 35.5 Å². The lowest BCUT2D eigenvalue weighted by atomic mass is 9.96. The molecule has 3 rings (SSSR count). The fourth-order valence-electron chi connectivity index (χ4n) is 2.98. The Morgan fingerprint density at radius 3 is 2.91 bits per heavy atom. The topological polar surface area (TPSA) is 47.2 Å². The molecule has 0 saturated heterocycles. The maximum atomic E-state index is 12.6. The Balaban J connectivity index is 1.81. The molecule has 0 unspecified atom stereocenters. The van der Waals surface area contributed by atoms with Crippen LogP contribution in [0.15, 0.2) is 34.8 Å². The molecule has 122 valence electrons. The number of aromatic nitrogens is 2. The molecule has 1 saturated carbocycles. The third kappa shape index (κ3) is 4.16. The monoisotopic (exact) mass is 329 g/mol. The van der Waals surface area contributed by atoms with Crippen molar-refractivity contribution in [2.75, 3.05) is 0 Å². The normalized spacial score (nSPS) is 16.7. The molecule has 0 aliphatic heterocycles. The summed E-state index contributed by atoms with van der Waals surface area (Å²) in [6.07, 6.45) is 9.13. The summed E-state index contributed by atoms with van der Waals surface area (Å²) in [5, 5.41) is 3.07. The number of pyridine rings is 1. The highest BCUT2D eigenvalue weighted by Crippen LogP contribution is 2.19. The summed E-state index contributed by atoms with van der Waals surface area (Å²) in [7, 11) is 0. The molecule has 1 aliphatic rings. The van der Waals surface area contributed by atoms with E-state index in [2.05, 4.69) is 11.9 Å². The quantitative estimate of drug-likeness (QED) is 0.860. The van der Waals surface area contributed by atoms with Crippen LogP contribution in [0.3, 0.4) is 0 Å². The summed E-state index contributed by atoms with van der Waals surface area (Å²) in [6.45, 7) is 2.08. The summed E-state index contributed by atoms with van der Waals surface area (Å²) in [5.74, 6) is 0.0353. The molecule has 0 N–H and O–H groups in total. The van der Waals surface area contributed by atoms with Gasteiger partial charge < -0.3 is 0 Å². The van der Waals surface area contributed by atoms with E-state index in [4.69, 9.17) is 4.99 Å². The first kappa shape index (κ1) is 16.1. The number of carbonyl (C=O) groups is 1. The molecule has 0 radical (unpaired) electrons. The fraction of sp³-hybridized carbons (Fsp3) is 0.500. The molecule has 0 aromatic carbocycles. The van der Waals surface area contributed by atoms with Crippen LogP contribution in [-0.4, -0.2) is 21.5 Å². The molecular formula is C18H23N3OS. The highest BCUT2D eigenvalue weighted by atomic mass is 32.1. The maximum Gasteiger partial charge on any atom is 0.238 e. The molecule has 5 heteroatoms. The van der Waals surface area contributed by atoms with Crippen molar-refractivity contribution in [3.63, 3.8) is 0 Å². The van der Waals surface area contributed by atoms with Gasteiger partial charge in [-0.25, -0.2) is 4.98 Å². The van der Waals surface area contributed by atoms with E-state index in [-0.39, 0.29) is 5.91 Å². The molecule has 1 aliphatic carbocycles. The predicted octanol–water partition coefficient (Wildman–Crippen LogP) is 3.62. The van der Waals surface area contributed by atoms with Crippen molar-refractivity contribution in [1.29, 1.82) is 0 Å². The van der Waals surface area contributed by atoms with Gasteiger partial charge in [0.05, 0.1) is 23.2 Å². The summed E-state index contributed by atoms with van der Waals surface area (Å²) in [6, 6.07) is 6.13. The molecule has 23 heavy (non-hydrogen) atoms. The largest absolute Gasteiger partial charge is 0.274 e. The predicted molar refractivity (Wildman–Crippen MR) is 92.7 cm³/mol. The molecule has 2 aromatic heterocycles. The number of hydrogen-bond acceptors (Lipinski definition) is 4. The van der Waals surface area contributed by atoms with Gasteiger partial charge in [-0.2, -0.15) is 0 Å². The van der Waals surface area contributed by atoms with Crippen LogP contribution in [0.2, 0.25) is 0 Å². The van der Waals surface area contributed by atoms with E-state index in [1.165, 1.54) is 19.3 Å². The van der Waals surface area contributed by atoms with E-state index >= 15 is 0 Å². The number of nitrogens with zero attached hydrogens (tertiary/aromatic N) is 3. The molecule has 0 atom stereocenters. The third-order valence-corrected chi connectivity index (χ3v) is 5.27. The summed E-state index contributed by atoms with van der Waals surface area (Å²) in [4.78, 5) is 22.0. The van der Waals surface area contributed by atoms with Gasteiger partial charge in [0.25, 0.3) is 0 Å². The van der Waals surface area contributed by atoms with Crippen LogP contribution in [0.5, 0.6) is 0 Å². The average Bonchev–Trinajstić information content (AvgIpc) is 3.04. The van der Waals surface area contributed by atoms with Gasteiger partial charge >= 0.3 is 0 Å². The first-order valence-corrected chi connectivity index (χ1v) is 9.32. The number of rotatable bonds is 4. The van der Waals surface area contributed by atoms with Gasteiger partial charge in [0.1, 0.15) is 5.49 Å². The van der Waals surface area contributed by atoms with Crippen LogP contribution in [0.25, 0.3) is 0 Å². The van der Waals surface area contributed by atoms with E-state index < -0.39 is 0 Å². The Kier molecular flexibility index (Phi) is 5.39. The Morgan fingerprint density at radius 2 is 2.17 bits per heavy atom. The minimum atomic E-state index is 0.0353. The van der Waals surface area contributed by atoms with Gasteiger partial charge in [-0.1, -0.05) is 32.3 Å². The van der Waals surface area contributed by atoms with Crippen molar-refractivity contribution in [3.05, 3.63) is 46.0 Å². The lowest BCUT2D eigenvalue weighted by molar-refractivity contribution is 0.0907. The van der Waals surface area contributed by atoms with Gasteiger partial charge in [-0.3, -0.25) is 14.4 Å². The lowest BCUT2D eigenvalue weighted by Crippen LogP contribution is -2.29. The molecule has 0 bridgehead atoms. The smallest absolute Gasteiger partial charge is 0.238 e. The van der Waals surface area contributed by atoms with E-state index in [9.17, 15) is 4.79 Å². The second-order valence-corrected chi connectivity index (χ2v) is 6.95. The first-order chi connectivity index (χ1) is 11.3. The number of carbonyl (C=O) groups excluding carboxylic acids is 1. The van der Waals surface area contributed by atoms with E-state index in [1.807, 2.05) is 29.8 Å². The lowest BCUT2D eigenvalue weighted by Gasteiger charge is -2.17. The number of thiazole rings is 1. The minimum Gasteiger partial charge on any atom is -0.274 e. The van der Waals surface area contributed by atoms with Crippen molar-refractivity contribution in [2.45, 2.75) is 57.9 Å². The summed E-state index contributed by atoms with van der Waals surface area (Å²) < 4.78 is 1.68. The maximum absolute atomic E-state index is 12.6. The zero-order valence-corrected chi connectivity index (χ0v) is 14.4. The van der Waals surface area contributed by atoms with Gasteiger partial charge in [-0.15, -0.1) is 11.3 Å². The van der Waals surface area contributed by atoms with Gasteiger partial charge in [0.2, 0.25) is 5.91 Å². The third-order valence-electron chi connectivity index (χ3n) is 4.23. The van der Waals surface area contributed by atoms with E-state index in [1.54, 1.807) is 15.9 Å². The highest BCUT2D eigenvalue weighted by molar-refractivity contribution is 7.09. The SMILES string of the molecule is CCc1nc(CC(=O)n2ccccc2=NC2CCCCC2)cs1. The summed E-state index contributed by atoms with van der Waals surface area (Å²) >= 11 is 1.62. The number of aryl methyl sites for hydroxylation is 1. The zero-order chi connectivity index (χ0) is 16.1. The van der Waals surface area contributed by atoms with Crippen molar-refractivity contribution < 1.29 is 4.79 Å². The Hall–Kier alpha value is -1.75. The van der Waals surface area contributed by atoms with Crippen molar-refractivity contribution in [1.82, 2.24) is 9.55 Å². The second-order valence-electron chi connectivity index (χ2n) is 6.01.